The molecule has 0 aliphatic heterocycles. The van der Waals surface area contributed by atoms with Crippen LogP contribution < -0.4 is 10.6 Å². The molecule has 0 saturated carbocycles. The summed E-state index contributed by atoms with van der Waals surface area (Å²) in [7, 11) is 0. The van der Waals surface area contributed by atoms with Crippen LogP contribution in [0.3, 0.4) is 0 Å². The summed E-state index contributed by atoms with van der Waals surface area (Å²) >= 11 is 0. The van der Waals surface area contributed by atoms with Gasteiger partial charge in [0.1, 0.15) is 11.5 Å². The van der Waals surface area contributed by atoms with Crippen molar-refractivity contribution in [3.63, 3.8) is 0 Å². The lowest BCUT2D eigenvalue weighted by molar-refractivity contribution is 0.251. The quantitative estimate of drug-likeness (QED) is 0.774. The van der Waals surface area contributed by atoms with Gasteiger partial charge in [-0.1, -0.05) is 17.3 Å². The second kappa shape index (κ2) is 5.62. The van der Waals surface area contributed by atoms with Gasteiger partial charge in [0.2, 0.25) is 0 Å². The summed E-state index contributed by atoms with van der Waals surface area (Å²) in [6, 6.07) is 10.8. The Kier molecular flexibility index (Phi) is 3.51. The van der Waals surface area contributed by atoms with Gasteiger partial charge in [-0.05, 0) is 36.8 Å². The number of amides is 2. The highest BCUT2D eigenvalue weighted by Crippen LogP contribution is 2.17. The van der Waals surface area contributed by atoms with Crippen molar-refractivity contribution in [3.8, 4) is 0 Å². The van der Waals surface area contributed by atoms with Gasteiger partial charge in [0.05, 0.1) is 6.54 Å². The van der Waals surface area contributed by atoms with Gasteiger partial charge in [-0.15, -0.1) is 0 Å². The molecule has 3 aromatic rings. The predicted octanol–water partition coefficient (Wildman–Crippen LogP) is 2.85. The second-order valence-electron chi connectivity index (χ2n) is 4.65. The smallest absolute Gasteiger partial charge is 0.320 e. The highest BCUT2D eigenvalue weighted by Gasteiger charge is 2.09. The van der Waals surface area contributed by atoms with Crippen molar-refractivity contribution >= 4 is 22.8 Å². The van der Waals surface area contributed by atoms with Crippen LogP contribution in [0.1, 0.15) is 11.3 Å². The molecule has 0 aliphatic rings. The molecule has 3 rings (SSSR count). The number of anilines is 1. The van der Waals surface area contributed by atoms with Crippen LogP contribution in [-0.4, -0.2) is 16.2 Å². The molecule has 106 valence electrons. The summed E-state index contributed by atoms with van der Waals surface area (Å²) in [6.45, 7) is 2.22. The first-order valence-corrected chi connectivity index (χ1v) is 6.53. The van der Waals surface area contributed by atoms with E-state index < -0.39 is 0 Å². The molecule has 0 aliphatic carbocycles. The SMILES string of the molecule is Cc1ccnc(NC(=O)NCc2noc3ccccc23)c1. The molecular weight excluding hydrogens is 268 g/mol. The molecule has 0 spiro atoms. The summed E-state index contributed by atoms with van der Waals surface area (Å²) in [4.78, 5) is 15.9. The molecule has 6 nitrogen and oxygen atoms in total. The van der Waals surface area contributed by atoms with E-state index in [1.54, 1.807) is 12.3 Å². The number of urea groups is 1. The van der Waals surface area contributed by atoms with Crippen molar-refractivity contribution in [1.29, 1.82) is 0 Å². The fraction of sp³-hybridized carbons (Fsp3) is 0.133. The number of nitrogens with one attached hydrogen (secondary N) is 2. The first-order chi connectivity index (χ1) is 10.2. The van der Waals surface area contributed by atoms with E-state index in [0.717, 1.165) is 10.9 Å². The van der Waals surface area contributed by atoms with Crippen LogP contribution in [-0.2, 0) is 6.54 Å². The number of hydrogen-bond acceptors (Lipinski definition) is 4. The van der Waals surface area contributed by atoms with Crippen LogP contribution in [0.15, 0.2) is 47.1 Å². The zero-order valence-corrected chi connectivity index (χ0v) is 11.5. The molecular formula is C15H14N4O2. The lowest BCUT2D eigenvalue weighted by atomic mass is 10.2. The van der Waals surface area contributed by atoms with E-state index in [4.69, 9.17) is 4.52 Å². The summed E-state index contributed by atoms with van der Waals surface area (Å²) in [5.74, 6) is 0.512. The van der Waals surface area contributed by atoms with E-state index in [0.29, 0.717) is 17.1 Å². The molecule has 0 bridgehead atoms. The average molecular weight is 282 g/mol. The van der Waals surface area contributed by atoms with E-state index in [1.165, 1.54) is 0 Å². The molecule has 21 heavy (non-hydrogen) atoms. The van der Waals surface area contributed by atoms with E-state index in [-0.39, 0.29) is 12.6 Å². The minimum Gasteiger partial charge on any atom is -0.356 e. The fourth-order valence-corrected chi connectivity index (χ4v) is 1.99. The molecule has 2 N–H and O–H groups in total. The van der Waals surface area contributed by atoms with E-state index >= 15 is 0 Å². The van der Waals surface area contributed by atoms with Crippen LogP contribution in [0.2, 0.25) is 0 Å². The van der Waals surface area contributed by atoms with Gasteiger partial charge in [-0.25, -0.2) is 9.78 Å². The Bertz CT molecular complexity index is 782. The number of benzene rings is 1. The molecule has 0 atom stereocenters. The van der Waals surface area contributed by atoms with Crippen LogP contribution in [0.4, 0.5) is 10.6 Å². The summed E-state index contributed by atoms with van der Waals surface area (Å²) in [5.41, 5.74) is 2.43. The van der Waals surface area contributed by atoms with Gasteiger partial charge in [0.25, 0.3) is 0 Å². The number of nitrogens with zero attached hydrogens (tertiary/aromatic N) is 2. The van der Waals surface area contributed by atoms with Crippen molar-refractivity contribution in [2.75, 3.05) is 5.32 Å². The number of hydrogen-bond donors (Lipinski definition) is 2. The second-order valence-corrected chi connectivity index (χ2v) is 4.65. The Morgan fingerprint density at radius 1 is 1.29 bits per heavy atom. The zero-order valence-electron chi connectivity index (χ0n) is 11.5. The van der Waals surface area contributed by atoms with Crippen molar-refractivity contribution in [3.05, 3.63) is 53.9 Å². The number of carbonyl (C=O) groups is 1. The first kappa shape index (κ1) is 13.1. The standard InChI is InChI=1S/C15H14N4O2/c1-10-6-7-16-14(8-10)18-15(20)17-9-12-11-4-2-3-5-13(11)21-19-12/h2-8H,9H2,1H3,(H2,16,17,18,20). The van der Waals surface area contributed by atoms with Crippen molar-refractivity contribution in [2.24, 2.45) is 0 Å². The van der Waals surface area contributed by atoms with Crippen LogP contribution in [0.5, 0.6) is 0 Å². The van der Waals surface area contributed by atoms with Crippen LogP contribution in [0, 0.1) is 6.92 Å². The Labute approximate surface area is 121 Å². The highest BCUT2D eigenvalue weighted by molar-refractivity contribution is 5.88. The van der Waals surface area contributed by atoms with Crippen LogP contribution in [0.25, 0.3) is 11.0 Å². The number of para-hydroxylation sites is 1. The van der Waals surface area contributed by atoms with Crippen LogP contribution >= 0.6 is 0 Å². The third-order valence-corrected chi connectivity index (χ3v) is 3.03. The van der Waals surface area contributed by atoms with Gasteiger partial charge in [-0.3, -0.25) is 5.32 Å². The number of aryl methyl sites for hydroxylation is 1. The maximum Gasteiger partial charge on any atom is 0.320 e. The Morgan fingerprint density at radius 3 is 3.00 bits per heavy atom. The van der Waals surface area contributed by atoms with Gasteiger partial charge in [0, 0.05) is 11.6 Å². The molecule has 0 radical (unpaired) electrons. The van der Waals surface area contributed by atoms with Crippen molar-refractivity contribution in [2.45, 2.75) is 13.5 Å². The molecule has 2 heterocycles. The first-order valence-electron chi connectivity index (χ1n) is 6.53. The zero-order chi connectivity index (χ0) is 14.7. The monoisotopic (exact) mass is 282 g/mol. The third kappa shape index (κ3) is 3.00. The molecule has 0 fully saturated rings. The number of carbonyl (C=O) groups excluding carboxylic acids is 1. The van der Waals surface area contributed by atoms with Gasteiger partial charge in [0.15, 0.2) is 5.58 Å². The van der Waals surface area contributed by atoms with E-state index in [9.17, 15) is 4.79 Å². The highest BCUT2D eigenvalue weighted by atomic mass is 16.5. The average Bonchev–Trinajstić information content (AvgIpc) is 2.88. The molecule has 0 saturated heterocycles. The van der Waals surface area contributed by atoms with E-state index in [2.05, 4.69) is 20.8 Å². The summed E-state index contributed by atoms with van der Waals surface area (Å²) < 4.78 is 5.18. The van der Waals surface area contributed by atoms with Gasteiger partial charge < -0.3 is 9.84 Å². The minimum absolute atomic E-state index is 0.286. The van der Waals surface area contributed by atoms with Crippen molar-refractivity contribution in [1.82, 2.24) is 15.5 Å². The molecule has 6 heteroatoms. The minimum atomic E-state index is -0.333. The summed E-state index contributed by atoms with van der Waals surface area (Å²) in [5, 5.41) is 10.3. The predicted molar refractivity (Wildman–Crippen MR) is 78.8 cm³/mol. The lowest BCUT2D eigenvalue weighted by Crippen LogP contribution is -2.28. The molecule has 2 amide bonds. The number of fused-ring (bicyclic) bond motifs is 1. The number of aromatic nitrogens is 2. The number of pyridine rings is 1. The fourth-order valence-electron chi connectivity index (χ4n) is 1.99. The largest absolute Gasteiger partial charge is 0.356 e. The van der Waals surface area contributed by atoms with Crippen molar-refractivity contribution < 1.29 is 9.32 Å². The maximum absolute atomic E-state index is 11.8. The molecule has 2 aromatic heterocycles. The summed E-state index contributed by atoms with van der Waals surface area (Å²) in [6.07, 6.45) is 1.65. The Morgan fingerprint density at radius 2 is 2.14 bits per heavy atom. The Balaban J connectivity index is 1.63. The number of rotatable bonds is 3. The molecule has 0 unspecified atom stereocenters. The topological polar surface area (TPSA) is 80.0 Å². The van der Waals surface area contributed by atoms with Gasteiger partial charge in [-0.2, -0.15) is 0 Å². The third-order valence-electron chi connectivity index (χ3n) is 3.03. The van der Waals surface area contributed by atoms with Gasteiger partial charge >= 0.3 is 6.03 Å². The maximum atomic E-state index is 11.8. The normalized spacial score (nSPS) is 10.5. The Hall–Kier alpha value is -2.89. The lowest BCUT2D eigenvalue weighted by Gasteiger charge is -2.06. The van der Waals surface area contributed by atoms with E-state index in [1.807, 2.05) is 37.3 Å². The molecule has 1 aromatic carbocycles.